The number of nitrogens with two attached hydrogens (primary N) is 1. The van der Waals surface area contributed by atoms with Crippen molar-refractivity contribution in [2.24, 2.45) is 11.7 Å². The molecule has 0 bridgehead atoms. The van der Waals surface area contributed by atoms with Crippen LogP contribution in [0.15, 0.2) is 23.1 Å². The Morgan fingerprint density at radius 1 is 1.26 bits per heavy atom. The third kappa shape index (κ3) is 5.81. The summed E-state index contributed by atoms with van der Waals surface area (Å²) in [5.74, 6) is -0.328. The average Bonchev–Trinajstić information content (AvgIpc) is 2.63. The Kier molecular flexibility index (Phi) is 9.01. The van der Waals surface area contributed by atoms with Crippen LogP contribution in [0.1, 0.15) is 40.0 Å². The van der Waals surface area contributed by atoms with E-state index in [4.69, 9.17) is 10.5 Å². The normalized spacial score (nSPS) is 17.5. The van der Waals surface area contributed by atoms with Gasteiger partial charge in [0, 0.05) is 24.8 Å². The van der Waals surface area contributed by atoms with Crippen molar-refractivity contribution in [2.75, 3.05) is 25.0 Å². The van der Waals surface area contributed by atoms with Crippen molar-refractivity contribution in [1.82, 2.24) is 4.31 Å². The second-order valence-corrected chi connectivity index (χ2v) is 8.60. The summed E-state index contributed by atoms with van der Waals surface area (Å²) in [5, 5.41) is 2.75. The molecule has 9 heteroatoms. The summed E-state index contributed by atoms with van der Waals surface area (Å²) in [6, 6.07) is 4.41. The molecule has 1 saturated heterocycles. The van der Waals surface area contributed by atoms with Gasteiger partial charge in [0.05, 0.1) is 12.5 Å². The SMILES string of the molecule is CCOc1ccc(NC(=O)C(C)C(C)N)cc1S(=O)(=O)N1CCCCC1.Cl. The first-order chi connectivity index (χ1) is 12.3. The highest BCUT2D eigenvalue weighted by atomic mass is 35.5. The van der Waals surface area contributed by atoms with Gasteiger partial charge in [0.15, 0.2) is 0 Å². The predicted octanol–water partition coefficient (Wildman–Crippen LogP) is 2.60. The van der Waals surface area contributed by atoms with E-state index < -0.39 is 10.0 Å². The van der Waals surface area contributed by atoms with Crippen LogP contribution in [0.5, 0.6) is 5.75 Å². The van der Waals surface area contributed by atoms with Crippen LogP contribution in [0.3, 0.4) is 0 Å². The monoisotopic (exact) mass is 419 g/mol. The molecule has 154 valence electrons. The zero-order chi connectivity index (χ0) is 19.3. The highest BCUT2D eigenvalue weighted by molar-refractivity contribution is 7.89. The molecule has 0 saturated carbocycles. The smallest absolute Gasteiger partial charge is 0.246 e. The lowest BCUT2D eigenvalue weighted by Crippen LogP contribution is -2.36. The van der Waals surface area contributed by atoms with E-state index in [1.54, 1.807) is 32.9 Å². The van der Waals surface area contributed by atoms with Gasteiger partial charge in [0.25, 0.3) is 0 Å². The zero-order valence-corrected chi connectivity index (χ0v) is 17.7. The average molecular weight is 420 g/mol. The molecule has 0 spiro atoms. The Bertz CT molecular complexity index is 734. The fraction of sp³-hybridized carbons (Fsp3) is 0.611. The van der Waals surface area contributed by atoms with Crippen molar-refractivity contribution < 1.29 is 17.9 Å². The van der Waals surface area contributed by atoms with Gasteiger partial charge in [-0.25, -0.2) is 8.42 Å². The number of carbonyl (C=O) groups is 1. The number of hydrogen-bond donors (Lipinski definition) is 2. The highest BCUT2D eigenvalue weighted by Crippen LogP contribution is 2.31. The molecule has 3 N–H and O–H groups in total. The van der Waals surface area contributed by atoms with E-state index in [2.05, 4.69) is 5.32 Å². The molecule has 7 nitrogen and oxygen atoms in total. The Morgan fingerprint density at radius 3 is 2.44 bits per heavy atom. The molecular weight excluding hydrogens is 390 g/mol. The van der Waals surface area contributed by atoms with E-state index >= 15 is 0 Å². The van der Waals surface area contributed by atoms with Crippen LogP contribution in [0.2, 0.25) is 0 Å². The van der Waals surface area contributed by atoms with Crippen LogP contribution < -0.4 is 15.8 Å². The van der Waals surface area contributed by atoms with Gasteiger partial charge in [-0.15, -0.1) is 12.4 Å². The molecule has 27 heavy (non-hydrogen) atoms. The van der Waals surface area contributed by atoms with Crippen molar-refractivity contribution in [3.8, 4) is 5.75 Å². The lowest BCUT2D eigenvalue weighted by Gasteiger charge is -2.27. The minimum absolute atomic E-state index is 0. The molecule has 1 heterocycles. The Morgan fingerprint density at radius 2 is 1.89 bits per heavy atom. The molecule has 0 radical (unpaired) electrons. The van der Waals surface area contributed by atoms with Crippen molar-refractivity contribution >= 4 is 34.0 Å². The summed E-state index contributed by atoms with van der Waals surface area (Å²) >= 11 is 0. The second-order valence-electron chi connectivity index (χ2n) is 6.70. The molecule has 1 aromatic rings. The molecule has 2 atom stereocenters. The summed E-state index contributed by atoms with van der Waals surface area (Å²) in [7, 11) is -3.68. The molecular formula is C18H30ClN3O4S. The fourth-order valence-electron chi connectivity index (χ4n) is 2.80. The van der Waals surface area contributed by atoms with E-state index in [9.17, 15) is 13.2 Å². The number of piperidine rings is 1. The van der Waals surface area contributed by atoms with Crippen LogP contribution in [-0.2, 0) is 14.8 Å². The van der Waals surface area contributed by atoms with Crippen LogP contribution in [0.25, 0.3) is 0 Å². The minimum atomic E-state index is -3.68. The summed E-state index contributed by atoms with van der Waals surface area (Å²) in [5.41, 5.74) is 6.19. The molecule has 0 aliphatic carbocycles. The first-order valence-corrected chi connectivity index (χ1v) is 10.5. The van der Waals surface area contributed by atoms with Crippen molar-refractivity contribution in [2.45, 2.75) is 51.0 Å². The molecule has 1 fully saturated rings. The van der Waals surface area contributed by atoms with E-state index in [-0.39, 0.29) is 35.2 Å². The molecule has 0 aromatic heterocycles. The van der Waals surface area contributed by atoms with Crippen LogP contribution in [0.4, 0.5) is 5.69 Å². The lowest BCUT2D eigenvalue weighted by molar-refractivity contribution is -0.119. The maximum atomic E-state index is 13.1. The van der Waals surface area contributed by atoms with E-state index in [1.165, 1.54) is 10.4 Å². The molecule has 2 unspecified atom stereocenters. The highest BCUT2D eigenvalue weighted by Gasteiger charge is 2.29. The van der Waals surface area contributed by atoms with Gasteiger partial charge >= 0.3 is 0 Å². The van der Waals surface area contributed by atoms with Crippen molar-refractivity contribution in [3.63, 3.8) is 0 Å². The molecule has 1 aliphatic heterocycles. The number of carbonyl (C=O) groups excluding carboxylic acids is 1. The standard InChI is InChI=1S/C18H29N3O4S.ClH/c1-4-25-16-9-8-15(20-18(22)13(2)14(3)19)12-17(16)26(23,24)21-10-6-5-7-11-21;/h8-9,12-14H,4-7,10-11,19H2,1-3H3,(H,20,22);1H. The first kappa shape index (κ1) is 23.7. The van der Waals surface area contributed by atoms with Gasteiger partial charge in [-0.3, -0.25) is 4.79 Å². The number of nitrogens with zero attached hydrogens (tertiary/aromatic N) is 1. The third-order valence-electron chi connectivity index (χ3n) is 4.65. The molecule has 2 rings (SSSR count). The maximum Gasteiger partial charge on any atom is 0.246 e. The first-order valence-electron chi connectivity index (χ1n) is 9.10. The largest absolute Gasteiger partial charge is 0.492 e. The summed E-state index contributed by atoms with van der Waals surface area (Å²) < 4.78 is 33.2. The van der Waals surface area contributed by atoms with Gasteiger partial charge < -0.3 is 15.8 Å². The van der Waals surface area contributed by atoms with E-state index in [0.717, 1.165) is 19.3 Å². The number of halogens is 1. The minimum Gasteiger partial charge on any atom is -0.492 e. The quantitative estimate of drug-likeness (QED) is 0.707. The van der Waals surface area contributed by atoms with Gasteiger partial charge in [-0.05, 0) is 44.9 Å². The van der Waals surface area contributed by atoms with Gasteiger partial charge in [-0.1, -0.05) is 13.3 Å². The number of nitrogens with one attached hydrogen (secondary N) is 1. The number of benzene rings is 1. The fourth-order valence-corrected chi connectivity index (χ4v) is 4.48. The summed E-state index contributed by atoms with van der Waals surface area (Å²) in [4.78, 5) is 12.3. The number of sulfonamides is 1. The summed E-state index contributed by atoms with van der Waals surface area (Å²) in [6.45, 7) is 6.67. The Hall–Kier alpha value is -1.35. The summed E-state index contributed by atoms with van der Waals surface area (Å²) in [6.07, 6.45) is 2.74. The van der Waals surface area contributed by atoms with E-state index in [1.807, 2.05) is 0 Å². The number of hydrogen-bond acceptors (Lipinski definition) is 5. The lowest BCUT2D eigenvalue weighted by atomic mass is 10.0. The topological polar surface area (TPSA) is 102 Å². The van der Waals surface area contributed by atoms with Crippen molar-refractivity contribution in [3.05, 3.63) is 18.2 Å². The number of anilines is 1. The number of rotatable bonds is 7. The van der Waals surface area contributed by atoms with Gasteiger partial charge in [0.2, 0.25) is 15.9 Å². The third-order valence-corrected chi connectivity index (χ3v) is 6.57. The number of ether oxygens (including phenoxy) is 1. The molecule has 1 amide bonds. The second kappa shape index (κ2) is 10.3. The van der Waals surface area contributed by atoms with E-state index in [0.29, 0.717) is 31.1 Å². The molecule has 1 aromatic carbocycles. The zero-order valence-electron chi connectivity index (χ0n) is 16.1. The van der Waals surface area contributed by atoms with Crippen LogP contribution >= 0.6 is 12.4 Å². The van der Waals surface area contributed by atoms with Gasteiger partial charge in [-0.2, -0.15) is 4.31 Å². The predicted molar refractivity (Wildman–Crippen MR) is 109 cm³/mol. The van der Waals surface area contributed by atoms with Gasteiger partial charge in [0.1, 0.15) is 10.6 Å². The van der Waals surface area contributed by atoms with Crippen molar-refractivity contribution in [1.29, 1.82) is 0 Å². The maximum absolute atomic E-state index is 13.1. The Labute approximate surface area is 168 Å². The Balaban J connectivity index is 0.00000364. The van der Waals surface area contributed by atoms with Crippen LogP contribution in [0, 0.1) is 5.92 Å². The molecule has 1 aliphatic rings. The van der Waals surface area contributed by atoms with Crippen LogP contribution in [-0.4, -0.2) is 44.4 Å². The number of amides is 1.